The topological polar surface area (TPSA) is 57.6 Å². The van der Waals surface area contributed by atoms with Crippen LogP contribution in [0.4, 0.5) is 0 Å². The predicted octanol–water partition coefficient (Wildman–Crippen LogP) is 0.966. The third-order valence-corrected chi connectivity index (χ3v) is 3.39. The fraction of sp³-hybridized carbons (Fsp3) is 0.818. The Morgan fingerprint density at radius 2 is 2.07 bits per heavy atom. The van der Waals surface area contributed by atoms with Crippen LogP contribution >= 0.6 is 0 Å². The molecule has 1 aliphatic carbocycles. The second-order valence-corrected chi connectivity index (χ2v) is 4.82. The largest absolute Gasteiger partial charge is 0.481 e. The number of carboxylic acids is 1. The molecule has 2 rings (SSSR count). The predicted molar refractivity (Wildman–Crippen MR) is 54.2 cm³/mol. The molecule has 1 unspecified atom stereocenters. The van der Waals surface area contributed by atoms with Crippen molar-refractivity contribution in [3.05, 3.63) is 0 Å². The molecule has 1 heterocycles. The van der Waals surface area contributed by atoms with Crippen LogP contribution in [0, 0.1) is 17.8 Å². The monoisotopic (exact) mass is 211 g/mol. The van der Waals surface area contributed by atoms with Crippen molar-refractivity contribution < 1.29 is 14.7 Å². The van der Waals surface area contributed by atoms with Crippen molar-refractivity contribution in [2.45, 2.75) is 26.2 Å². The minimum atomic E-state index is -0.821. The molecule has 1 saturated carbocycles. The lowest BCUT2D eigenvalue weighted by atomic mass is 10.00. The minimum Gasteiger partial charge on any atom is -0.481 e. The molecule has 1 saturated heterocycles. The van der Waals surface area contributed by atoms with Crippen LogP contribution in [0.15, 0.2) is 0 Å². The molecule has 0 bridgehead atoms. The van der Waals surface area contributed by atoms with Gasteiger partial charge in [-0.15, -0.1) is 0 Å². The van der Waals surface area contributed by atoms with Gasteiger partial charge in [-0.05, 0) is 25.2 Å². The highest BCUT2D eigenvalue weighted by Gasteiger charge is 2.49. The number of nitrogens with zero attached hydrogens (tertiary/aromatic N) is 1. The van der Waals surface area contributed by atoms with Crippen LogP contribution < -0.4 is 0 Å². The van der Waals surface area contributed by atoms with Crippen molar-refractivity contribution in [2.24, 2.45) is 17.8 Å². The fourth-order valence-corrected chi connectivity index (χ4v) is 2.36. The summed E-state index contributed by atoms with van der Waals surface area (Å²) in [4.78, 5) is 24.4. The lowest BCUT2D eigenvalue weighted by Crippen LogP contribution is -2.40. The van der Waals surface area contributed by atoms with Crippen LogP contribution in [0.1, 0.15) is 26.2 Å². The average molecular weight is 211 g/mol. The SMILES string of the molecule is CC1CCCN(C(=O)[C@@H]2C[C@@H]2C(=O)O)C1. The molecular formula is C11H17NO3. The Morgan fingerprint density at radius 3 is 2.60 bits per heavy atom. The summed E-state index contributed by atoms with van der Waals surface area (Å²) in [5, 5.41) is 8.75. The summed E-state index contributed by atoms with van der Waals surface area (Å²) in [6.07, 6.45) is 2.77. The Balaban J connectivity index is 1.89. The van der Waals surface area contributed by atoms with Gasteiger partial charge in [-0.3, -0.25) is 9.59 Å². The Bertz CT molecular complexity index is 290. The van der Waals surface area contributed by atoms with Crippen LogP contribution in [-0.4, -0.2) is 35.0 Å². The third-order valence-electron chi connectivity index (χ3n) is 3.39. The van der Waals surface area contributed by atoms with E-state index in [4.69, 9.17) is 5.11 Å². The van der Waals surface area contributed by atoms with Gasteiger partial charge in [-0.25, -0.2) is 0 Å². The van der Waals surface area contributed by atoms with Crippen LogP contribution in [0.5, 0.6) is 0 Å². The van der Waals surface area contributed by atoms with Gasteiger partial charge >= 0.3 is 5.97 Å². The zero-order valence-electron chi connectivity index (χ0n) is 8.98. The maximum absolute atomic E-state index is 11.9. The summed E-state index contributed by atoms with van der Waals surface area (Å²) in [7, 11) is 0. The summed E-state index contributed by atoms with van der Waals surface area (Å²) >= 11 is 0. The van der Waals surface area contributed by atoms with Crippen molar-refractivity contribution in [3.8, 4) is 0 Å². The van der Waals surface area contributed by atoms with E-state index in [1.54, 1.807) is 0 Å². The molecule has 0 aromatic carbocycles. The van der Waals surface area contributed by atoms with Crippen LogP contribution in [-0.2, 0) is 9.59 Å². The molecule has 4 nitrogen and oxygen atoms in total. The Labute approximate surface area is 89.3 Å². The first kappa shape index (κ1) is 10.5. The van der Waals surface area contributed by atoms with Gasteiger partial charge in [0.05, 0.1) is 11.8 Å². The number of amides is 1. The number of carbonyl (C=O) groups is 2. The first-order valence-corrected chi connectivity index (χ1v) is 5.61. The summed E-state index contributed by atoms with van der Waals surface area (Å²) in [5.74, 6) is -0.834. The molecule has 2 aliphatic rings. The molecule has 1 N–H and O–H groups in total. The smallest absolute Gasteiger partial charge is 0.307 e. The molecular weight excluding hydrogens is 194 g/mol. The van der Waals surface area contributed by atoms with Crippen molar-refractivity contribution in [1.82, 2.24) is 4.90 Å². The molecule has 2 fully saturated rings. The number of hydrogen-bond donors (Lipinski definition) is 1. The Hall–Kier alpha value is -1.06. The average Bonchev–Trinajstić information content (AvgIpc) is 2.96. The van der Waals surface area contributed by atoms with Gasteiger partial charge < -0.3 is 10.0 Å². The van der Waals surface area contributed by atoms with Crippen molar-refractivity contribution >= 4 is 11.9 Å². The van der Waals surface area contributed by atoms with E-state index in [1.807, 2.05) is 4.90 Å². The van der Waals surface area contributed by atoms with E-state index >= 15 is 0 Å². The number of hydrogen-bond acceptors (Lipinski definition) is 2. The van der Waals surface area contributed by atoms with Crippen LogP contribution in [0.25, 0.3) is 0 Å². The van der Waals surface area contributed by atoms with Crippen molar-refractivity contribution in [3.63, 3.8) is 0 Å². The molecule has 0 aromatic rings. The quantitative estimate of drug-likeness (QED) is 0.740. The Morgan fingerprint density at radius 1 is 1.33 bits per heavy atom. The standard InChI is InChI=1S/C11H17NO3/c1-7-3-2-4-12(6-7)10(13)8-5-9(8)11(14)15/h7-9H,2-6H2,1H3,(H,14,15)/t7?,8-,9+/m1/s1. The van der Waals surface area contributed by atoms with Gasteiger partial charge in [-0.2, -0.15) is 0 Å². The van der Waals surface area contributed by atoms with Gasteiger partial charge in [0.2, 0.25) is 5.91 Å². The number of likely N-dealkylation sites (tertiary alicyclic amines) is 1. The summed E-state index contributed by atoms with van der Waals surface area (Å²) in [6.45, 7) is 3.76. The lowest BCUT2D eigenvalue weighted by Gasteiger charge is -2.31. The Kier molecular flexibility index (Phi) is 2.67. The molecule has 0 aromatic heterocycles. The van der Waals surface area contributed by atoms with E-state index in [2.05, 4.69) is 6.92 Å². The molecule has 1 amide bonds. The normalized spacial score (nSPS) is 35.0. The van der Waals surface area contributed by atoms with E-state index in [0.29, 0.717) is 12.3 Å². The van der Waals surface area contributed by atoms with Crippen molar-refractivity contribution in [2.75, 3.05) is 13.1 Å². The van der Waals surface area contributed by atoms with Gasteiger partial charge in [0.1, 0.15) is 0 Å². The second kappa shape index (κ2) is 3.83. The number of rotatable bonds is 2. The van der Waals surface area contributed by atoms with Crippen molar-refractivity contribution in [1.29, 1.82) is 0 Å². The highest BCUT2D eigenvalue weighted by atomic mass is 16.4. The van der Waals surface area contributed by atoms with Gasteiger partial charge in [0, 0.05) is 13.1 Å². The maximum atomic E-state index is 11.9. The molecule has 1 aliphatic heterocycles. The molecule has 0 spiro atoms. The van der Waals surface area contributed by atoms with E-state index in [1.165, 1.54) is 6.42 Å². The highest BCUT2D eigenvalue weighted by Crippen LogP contribution is 2.40. The van der Waals surface area contributed by atoms with Crippen LogP contribution in [0.3, 0.4) is 0 Å². The van der Waals surface area contributed by atoms with E-state index in [9.17, 15) is 9.59 Å². The highest BCUT2D eigenvalue weighted by molar-refractivity contribution is 5.89. The number of aliphatic carboxylic acids is 1. The molecule has 0 radical (unpaired) electrons. The molecule has 15 heavy (non-hydrogen) atoms. The van der Waals surface area contributed by atoms with E-state index < -0.39 is 11.9 Å². The third kappa shape index (κ3) is 2.13. The zero-order chi connectivity index (χ0) is 11.0. The first-order chi connectivity index (χ1) is 7.09. The number of carboxylic acid groups (broad SMARTS) is 1. The lowest BCUT2D eigenvalue weighted by molar-refractivity contribution is -0.142. The molecule has 4 heteroatoms. The summed E-state index contributed by atoms with van der Waals surface area (Å²) < 4.78 is 0. The first-order valence-electron chi connectivity index (χ1n) is 5.61. The van der Waals surface area contributed by atoms with E-state index in [-0.39, 0.29) is 11.8 Å². The van der Waals surface area contributed by atoms with Gasteiger partial charge in [0.15, 0.2) is 0 Å². The summed E-state index contributed by atoms with van der Waals surface area (Å²) in [5.41, 5.74) is 0. The van der Waals surface area contributed by atoms with Gasteiger partial charge in [-0.1, -0.05) is 6.92 Å². The maximum Gasteiger partial charge on any atom is 0.307 e. The molecule has 3 atom stereocenters. The number of carbonyl (C=O) groups excluding carboxylic acids is 1. The zero-order valence-corrected chi connectivity index (χ0v) is 8.98. The fourth-order valence-electron chi connectivity index (χ4n) is 2.36. The number of piperidine rings is 1. The van der Waals surface area contributed by atoms with E-state index in [0.717, 1.165) is 19.5 Å². The van der Waals surface area contributed by atoms with Crippen LogP contribution in [0.2, 0.25) is 0 Å². The minimum absolute atomic E-state index is 0.0638. The summed E-state index contributed by atoms with van der Waals surface area (Å²) in [6, 6.07) is 0. The molecule has 84 valence electrons. The van der Waals surface area contributed by atoms with Gasteiger partial charge in [0.25, 0.3) is 0 Å². The second-order valence-electron chi connectivity index (χ2n) is 4.82.